The molecular formula is C30H24Cl2N2O3. The maximum Gasteiger partial charge on any atom is 0.214 e. The monoisotopic (exact) mass is 530 g/mol. The van der Waals surface area contributed by atoms with Gasteiger partial charge in [0.2, 0.25) is 6.23 Å². The molecule has 2 aliphatic rings. The van der Waals surface area contributed by atoms with Crippen molar-refractivity contribution in [2.45, 2.75) is 25.3 Å². The van der Waals surface area contributed by atoms with E-state index in [1.807, 2.05) is 84.9 Å². The summed E-state index contributed by atoms with van der Waals surface area (Å²) in [7, 11) is 1.66. The molecule has 0 amide bonds. The van der Waals surface area contributed by atoms with Gasteiger partial charge in [-0.25, -0.2) is 5.01 Å². The zero-order valence-corrected chi connectivity index (χ0v) is 21.6. The molecule has 0 saturated carbocycles. The Kier molecular flexibility index (Phi) is 6.41. The van der Waals surface area contributed by atoms with Crippen LogP contribution in [0.3, 0.4) is 0 Å². The summed E-state index contributed by atoms with van der Waals surface area (Å²) in [6.45, 7) is 0.462. The fourth-order valence-corrected chi connectivity index (χ4v) is 5.01. The molecule has 0 radical (unpaired) electrons. The van der Waals surface area contributed by atoms with Crippen LogP contribution in [-0.2, 0) is 6.61 Å². The van der Waals surface area contributed by atoms with Gasteiger partial charge < -0.3 is 14.2 Å². The van der Waals surface area contributed by atoms with Crippen LogP contribution in [0, 0.1) is 0 Å². The second-order valence-corrected chi connectivity index (χ2v) is 9.86. The molecule has 4 aromatic carbocycles. The Bertz CT molecular complexity index is 1440. The summed E-state index contributed by atoms with van der Waals surface area (Å²) in [6.07, 6.45) is 0.341. The van der Waals surface area contributed by atoms with Crippen molar-refractivity contribution in [1.29, 1.82) is 0 Å². The van der Waals surface area contributed by atoms with Crippen LogP contribution in [0.1, 0.15) is 40.9 Å². The number of nitrogens with zero attached hydrogens (tertiary/aromatic N) is 2. The van der Waals surface area contributed by atoms with Gasteiger partial charge in [0.05, 0.1) is 18.9 Å². The molecular weight excluding hydrogens is 507 g/mol. The lowest BCUT2D eigenvalue weighted by Gasteiger charge is -2.38. The summed E-state index contributed by atoms with van der Waals surface area (Å²) >= 11 is 12.1. The Hall–Kier alpha value is -3.67. The summed E-state index contributed by atoms with van der Waals surface area (Å²) in [5, 5.41) is 8.49. The zero-order chi connectivity index (χ0) is 25.4. The van der Waals surface area contributed by atoms with Crippen LogP contribution < -0.4 is 14.2 Å². The van der Waals surface area contributed by atoms with Crippen molar-refractivity contribution in [3.63, 3.8) is 0 Å². The van der Waals surface area contributed by atoms with Gasteiger partial charge in [0.25, 0.3) is 0 Å². The number of fused-ring (bicyclic) bond motifs is 3. The molecule has 0 fully saturated rings. The van der Waals surface area contributed by atoms with Crippen LogP contribution in [0.25, 0.3) is 0 Å². The SMILES string of the molecule is COc1cccc2c1O[C@H](c1ccc(OCc3ccc(Cl)cc3)cc1)N1N=C(c3ccc(Cl)cc3)C[C@@H]21. The molecule has 2 aliphatic heterocycles. The topological polar surface area (TPSA) is 43.3 Å². The smallest absolute Gasteiger partial charge is 0.214 e. The molecule has 7 heteroatoms. The number of para-hydroxylation sites is 1. The van der Waals surface area contributed by atoms with E-state index in [0.717, 1.165) is 45.9 Å². The number of ether oxygens (including phenoxy) is 3. The van der Waals surface area contributed by atoms with E-state index in [4.69, 9.17) is 42.5 Å². The van der Waals surface area contributed by atoms with Gasteiger partial charge in [0.15, 0.2) is 11.5 Å². The summed E-state index contributed by atoms with van der Waals surface area (Å²) in [6, 6.07) is 29.4. The molecule has 186 valence electrons. The molecule has 0 bridgehead atoms. The molecule has 4 aromatic rings. The van der Waals surface area contributed by atoms with Gasteiger partial charge in [-0.3, -0.25) is 0 Å². The molecule has 5 nitrogen and oxygen atoms in total. The Morgan fingerprint density at radius 3 is 2.30 bits per heavy atom. The van der Waals surface area contributed by atoms with Crippen LogP contribution >= 0.6 is 23.2 Å². The van der Waals surface area contributed by atoms with Gasteiger partial charge in [0.1, 0.15) is 12.4 Å². The molecule has 2 atom stereocenters. The summed E-state index contributed by atoms with van der Waals surface area (Å²) < 4.78 is 18.2. The van der Waals surface area contributed by atoms with Gasteiger partial charge in [0, 0.05) is 27.6 Å². The quantitative estimate of drug-likeness (QED) is 0.254. The Morgan fingerprint density at radius 1 is 0.892 bits per heavy atom. The highest BCUT2D eigenvalue weighted by Crippen LogP contribution is 2.50. The lowest BCUT2D eigenvalue weighted by molar-refractivity contribution is -0.0209. The van der Waals surface area contributed by atoms with E-state index in [2.05, 4.69) is 11.1 Å². The normalized spacial score (nSPS) is 17.9. The van der Waals surface area contributed by atoms with Gasteiger partial charge in [-0.05, 0) is 65.7 Å². The molecule has 6 rings (SSSR count). The molecule has 0 saturated heterocycles. The van der Waals surface area contributed by atoms with E-state index in [1.165, 1.54) is 0 Å². The summed E-state index contributed by atoms with van der Waals surface area (Å²) in [5.41, 5.74) is 5.13. The third-order valence-electron chi connectivity index (χ3n) is 6.66. The van der Waals surface area contributed by atoms with Crippen molar-refractivity contribution in [2.24, 2.45) is 5.10 Å². The first-order chi connectivity index (χ1) is 18.1. The van der Waals surface area contributed by atoms with Gasteiger partial charge in [-0.15, -0.1) is 0 Å². The minimum atomic E-state index is -0.413. The van der Waals surface area contributed by atoms with Crippen molar-refractivity contribution < 1.29 is 14.2 Å². The minimum absolute atomic E-state index is 0.0235. The molecule has 2 heterocycles. The number of hydrogen-bond donors (Lipinski definition) is 0. The number of hydrazone groups is 1. The molecule has 0 aromatic heterocycles. The lowest BCUT2D eigenvalue weighted by Crippen LogP contribution is -2.33. The molecule has 0 unspecified atom stereocenters. The largest absolute Gasteiger partial charge is 0.493 e. The highest BCUT2D eigenvalue weighted by atomic mass is 35.5. The second-order valence-electron chi connectivity index (χ2n) is 8.99. The van der Waals surface area contributed by atoms with E-state index in [9.17, 15) is 0 Å². The summed E-state index contributed by atoms with van der Waals surface area (Å²) in [5.74, 6) is 2.24. The Morgan fingerprint density at radius 2 is 1.59 bits per heavy atom. The maximum absolute atomic E-state index is 6.56. The average molecular weight is 531 g/mol. The van der Waals surface area contributed by atoms with Crippen molar-refractivity contribution in [1.82, 2.24) is 5.01 Å². The highest BCUT2D eigenvalue weighted by molar-refractivity contribution is 6.30. The molecule has 0 spiro atoms. The molecule has 0 aliphatic carbocycles. The van der Waals surface area contributed by atoms with Crippen LogP contribution in [0.4, 0.5) is 0 Å². The van der Waals surface area contributed by atoms with Crippen LogP contribution in [0.2, 0.25) is 10.0 Å². The van der Waals surface area contributed by atoms with Gasteiger partial charge >= 0.3 is 0 Å². The van der Waals surface area contributed by atoms with Crippen molar-refractivity contribution in [3.05, 3.63) is 123 Å². The predicted molar refractivity (Wildman–Crippen MR) is 146 cm³/mol. The van der Waals surface area contributed by atoms with Crippen molar-refractivity contribution >= 4 is 28.9 Å². The first-order valence-electron chi connectivity index (χ1n) is 12.0. The highest BCUT2D eigenvalue weighted by Gasteiger charge is 2.42. The van der Waals surface area contributed by atoms with Gasteiger partial charge in [-0.1, -0.05) is 59.6 Å². The second kappa shape index (κ2) is 10.0. The number of hydrogen-bond acceptors (Lipinski definition) is 5. The summed E-state index contributed by atoms with van der Waals surface area (Å²) in [4.78, 5) is 0. The lowest BCUT2D eigenvalue weighted by atomic mass is 9.95. The first-order valence-corrected chi connectivity index (χ1v) is 12.8. The number of benzene rings is 4. The third kappa shape index (κ3) is 4.73. The van der Waals surface area contributed by atoms with E-state index in [-0.39, 0.29) is 6.04 Å². The minimum Gasteiger partial charge on any atom is -0.493 e. The van der Waals surface area contributed by atoms with Crippen LogP contribution in [0.15, 0.2) is 96.1 Å². The van der Waals surface area contributed by atoms with Crippen LogP contribution in [0.5, 0.6) is 17.2 Å². The Labute approximate surface area is 225 Å². The van der Waals surface area contributed by atoms with E-state index in [1.54, 1.807) is 7.11 Å². The zero-order valence-electron chi connectivity index (χ0n) is 20.1. The third-order valence-corrected chi connectivity index (χ3v) is 7.17. The van der Waals surface area contributed by atoms with Crippen LogP contribution in [-0.4, -0.2) is 17.8 Å². The fourth-order valence-electron chi connectivity index (χ4n) is 4.76. The molecule has 37 heavy (non-hydrogen) atoms. The number of rotatable bonds is 6. The Balaban J connectivity index is 1.29. The maximum atomic E-state index is 6.56. The van der Waals surface area contributed by atoms with E-state index < -0.39 is 6.23 Å². The molecule has 0 N–H and O–H groups in total. The average Bonchev–Trinajstić information content (AvgIpc) is 3.38. The number of methoxy groups -OCH3 is 1. The fraction of sp³-hybridized carbons (Fsp3) is 0.167. The van der Waals surface area contributed by atoms with E-state index >= 15 is 0 Å². The van der Waals surface area contributed by atoms with Crippen molar-refractivity contribution in [2.75, 3.05) is 7.11 Å². The van der Waals surface area contributed by atoms with E-state index in [0.29, 0.717) is 22.4 Å². The van der Waals surface area contributed by atoms with Gasteiger partial charge in [-0.2, -0.15) is 5.10 Å². The predicted octanol–water partition coefficient (Wildman–Crippen LogP) is 7.82. The first kappa shape index (κ1) is 23.7. The number of halogens is 2. The van der Waals surface area contributed by atoms with Crippen molar-refractivity contribution in [3.8, 4) is 17.2 Å². The standard InChI is InChI=1S/C30H24Cl2N2O3/c1-35-28-4-2-3-25-27-17-26(20-7-13-23(32)14-8-20)33-34(27)30(37-29(25)28)21-9-15-24(16-10-21)36-18-19-5-11-22(31)12-6-19/h2-16,27,30H,17-18H2,1H3/t27-,30+/m0/s1.